The van der Waals surface area contributed by atoms with Crippen LogP contribution in [0.1, 0.15) is 39.6 Å². The Hall–Kier alpha value is -3.87. The molecule has 0 bridgehead atoms. The summed E-state index contributed by atoms with van der Waals surface area (Å²) in [7, 11) is 0. The summed E-state index contributed by atoms with van der Waals surface area (Å²) in [5.41, 5.74) is 1.76. The van der Waals surface area contributed by atoms with E-state index in [4.69, 9.17) is 9.47 Å². The van der Waals surface area contributed by atoms with Crippen molar-refractivity contribution in [3.8, 4) is 23.0 Å². The van der Waals surface area contributed by atoms with Crippen molar-refractivity contribution < 1.29 is 28.6 Å². The van der Waals surface area contributed by atoms with Crippen LogP contribution in [0.3, 0.4) is 0 Å². The number of imide groups is 1. The molecule has 1 aliphatic heterocycles. The lowest BCUT2D eigenvalue weighted by Gasteiger charge is -2.14. The summed E-state index contributed by atoms with van der Waals surface area (Å²) in [6.45, 7) is 2.38. The summed E-state index contributed by atoms with van der Waals surface area (Å²) < 4.78 is 25.5. The molecule has 0 saturated heterocycles. The summed E-state index contributed by atoms with van der Waals surface area (Å²) >= 11 is 0. The smallest absolute Gasteiger partial charge is 0.261 e. The molecule has 0 aromatic heterocycles. The maximum Gasteiger partial charge on any atom is 0.261 e. The van der Waals surface area contributed by atoms with Gasteiger partial charge in [0.15, 0.2) is 23.1 Å². The first-order chi connectivity index (χ1) is 15.5. The molecule has 4 rings (SSSR count). The number of ether oxygens (including phenoxy) is 2. The number of aromatic hydroxyl groups is 1. The molecule has 1 N–H and O–H groups in total. The number of rotatable bonds is 8. The van der Waals surface area contributed by atoms with Gasteiger partial charge in [0.25, 0.3) is 11.8 Å². The zero-order chi connectivity index (χ0) is 22.7. The van der Waals surface area contributed by atoms with Crippen molar-refractivity contribution >= 4 is 11.8 Å². The minimum Gasteiger partial charge on any atom is -0.504 e. The molecule has 32 heavy (non-hydrogen) atoms. The second-order valence-corrected chi connectivity index (χ2v) is 7.36. The van der Waals surface area contributed by atoms with Crippen molar-refractivity contribution in [3.05, 3.63) is 83.2 Å². The molecule has 164 valence electrons. The number of halogens is 1. The standard InChI is InChI=1S/C25H22FNO5/c1-2-16-8-10-23(21(28)14-16)32-22-11-9-17(15-20(22)26)31-13-5-12-27-24(29)18-6-3-4-7-19(18)25(27)30/h3-4,6-11,14-15,28H,2,5,12-13H2,1H3. The molecule has 0 aliphatic carbocycles. The van der Waals surface area contributed by atoms with E-state index >= 15 is 0 Å². The lowest BCUT2D eigenvalue weighted by molar-refractivity contribution is 0.0646. The second-order valence-electron chi connectivity index (χ2n) is 7.36. The molecule has 3 aromatic rings. The van der Waals surface area contributed by atoms with Gasteiger partial charge < -0.3 is 14.6 Å². The molecule has 1 aliphatic rings. The molecule has 0 spiro atoms. The van der Waals surface area contributed by atoms with Crippen LogP contribution in [-0.4, -0.2) is 35.0 Å². The molecule has 7 heteroatoms. The molecule has 0 fully saturated rings. The van der Waals surface area contributed by atoms with Gasteiger partial charge in [-0.2, -0.15) is 0 Å². The van der Waals surface area contributed by atoms with Gasteiger partial charge in [0.1, 0.15) is 5.75 Å². The van der Waals surface area contributed by atoms with Gasteiger partial charge in [-0.1, -0.05) is 25.1 Å². The Bertz CT molecular complexity index is 1140. The van der Waals surface area contributed by atoms with E-state index in [1.165, 1.54) is 17.0 Å². The van der Waals surface area contributed by atoms with E-state index in [1.54, 1.807) is 48.5 Å². The number of carbonyl (C=O) groups is 2. The first-order valence-electron chi connectivity index (χ1n) is 10.3. The Kier molecular flexibility index (Phi) is 6.07. The van der Waals surface area contributed by atoms with E-state index in [0.717, 1.165) is 12.0 Å². The van der Waals surface area contributed by atoms with E-state index in [1.807, 2.05) is 6.92 Å². The number of nitrogens with zero attached hydrogens (tertiary/aromatic N) is 1. The van der Waals surface area contributed by atoms with E-state index in [9.17, 15) is 19.1 Å². The number of aryl methyl sites for hydroxylation is 1. The molecule has 1 heterocycles. The number of benzene rings is 3. The van der Waals surface area contributed by atoms with Crippen molar-refractivity contribution in [1.29, 1.82) is 0 Å². The minimum atomic E-state index is -0.637. The number of amides is 2. The van der Waals surface area contributed by atoms with Crippen LogP contribution in [0.4, 0.5) is 4.39 Å². The van der Waals surface area contributed by atoms with E-state index in [2.05, 4.69) is 0 Å². The Balaban J connectivity index is 1.31. The number of hydrogen-bond donors (Lipinski definition) is 1. The number of carbonyl (C=O) groups excluding carboxylic acids is 2. The van der Waals surface area contributed by atoms with Gasteiger partial charge in [-0.15, -0.1) is 0 Å². The van der Waals surface area contributed by atoms with Crippen LogP contribution in [0.5, 0.6) is 23.0 Å². The average molecular weight is 435 g/mol. The lowest BCUT2D eigenvalue weighted by Crippen LogP contribution is -2.31. The zero-order valence-corrected chi connectivity index (χ0v) is 17.5. The Labute approximate surface area is 184 Å². The third kappa shape index (κ3) is 4.27. The predicted octanol–water partition coefficient (Wildman–Crippen LogP) is 4.95. The van der Waals surface area contributed by atoms with Gasteiger partial charge in [0.05, 0.1) is 17.7 Å². The van der Waals surface area contributed by atoms with Gasteiger partial charge in [0.2, 0.25) is 0 Å². The summed E-state index contributed by atoms with van der Waals surface area (Å²) in [5, 5.41) is 10.0. The largest absolute Gasteiger partial charge is 0.504 e. The fraction of sp³-hybridized carbons (Fsp3) is 0.200. The van der Waals surface area contributed by atoms with Gasteiger partial charge in [-0.3, -0.25) is 14.5 Å². The molecule has 0 unspecified atom stereocenters. The van der Waals surface area contributed by atoms with Crippen LogP contribution < -0.4 is 9.47 Å². The van der Waals surface area contributed by atoms with E-state index < -0.39 is 5.82 Å². The molecule has 0 saturated carbocycles. The molecule has 2 amide bonds. The minimum absolute atomic E-state index is 0.0390. The molecule has 0 atom stereocenters. The van der Waals surface area contributed by atoms with Crippen molar-refractivity contribution in [1.82, 2.24) is 4.90 Å². The SMILES string of the molecule is CCc1ccc(Oc2ccc(OCCCN3C(=O)c4ccccc4C3=O)cc2F)c(O)c1. The lowest BCUT2D eigenvalue weighted by atomic mass is 10.1. The Morgan fingerprint density at radius 3 is 2.25 bits per heavy atom. The number of phenolic OH excluding ortho intramolecular Hbond substituents is 1. The summed E-state index contributed by atoms with van der Waals surface area (Å²) in [4.78, 5) is 25.9. The summed E-state index contributed by atoms with van der Waals surface area (Å²) in [6, 6.07) is 15.9. The van der Waals surface area contributed by atoms with Gasteiger partial charge in [0, 0.05) is 12.6 Å². The van der Waals surface area contributed by atoms with Crippen molar-refractivity contribution in [2.24, 2.45) is 0 Å². The van der Waals surface area contributed by atoms with Crippen molar-refractivity contribution in [2.75, 3.05) is 13.2 Å². The molecule has 3 aromatic carbocycles. The van der Waals surface area contributed by atoms with Crippen LogP contribution >= 0.6 is 0 Å². The van der Waals surface area contributed by atoms with Crippen molar-refractivity contribution in [2.45, 2.75) is 19.8 Å². The fourth-order valence-corrected chi connectivity index (χ4v) is 3.50. The number of hydrogen-bond acceptors (Lipinski definition) is 5. The quantitative estimate of drug-likeness (QED) is 0.400. The first-order valence-corrected chi connectivity index (χ1v) is 10.3. The second kappa shape index (κ2) is 9.09. The number of phenols is 1. The zero-order valence-electron chi connectivity index (χ0n) is 17.5. The normalized spacial score (nSPS) is 12.8. The highest BCUT2D eigenvalue weighted by Crippen LogP contribution is 2.34. The highest BCUT2D eigenvalue weighted by Gasteiger charge is 2.34. The monoisotopic (exact) mass is 435 g/mol. The van der Waals surface area contributed by atoms with Crippen LogP contribution in [0.2, 0.25) is 0 Å². The topological polar surface area (TPSA) is 76.1 Å². The molecular formula is C25H22FNO5. The highest BCUT2D eigenvalue weighted by molar-refractivity contribution is 6.21. The molecule has 0 radical (unpaired) electrons. The van der Waals surface area contributed by atoms with E-state index in [-0.39, 0.29) is 42.2 Å². The predicted molar refractivity (Wildman–Crippen MR) is 116 cm³/mol. The van der Waals surface area contributed by atoms with Crippen LogP contribution in [0, 0.1) is 5.82 Å². The Morgan fingerprint density at radius 2 is 1.62 bits per heavy atom. The molecular weight excluding hydrogens is 413 g/mol. The average Bonchev–Trinajstić information content (AvgIpc) is 3.04. The third-order valence-electron chi connectivity index (χ3n) is 5.23. The van der Waals surface area contributed by atoms with Crippen LogP contribution in [0.25, 0.3) is 0 Å². The third-order valence-corrected chi connectivity index (χ3v) is 5.23. The van der Waals surface area contributed by atoms with Crippen LogP contribution in [0.15, 0.2) is 60.7 Å². The van der Waals surface area contributed by atoms with Gasteiger partial charge in [-0.05, 0) is 54.8 Å². The first kappa shape index (κ1) is 21.4. The summed E-state index contributed by atoms with van der Waals surface area (Å²) in [5.74, 6) is -0.901. The number of fused-ring (bicyclic) bond motifs is 1. The maximum absolute atomic E-state index is 14.4. The maximum atomic E-state index is 14.4. The van der Waals surface area contributed by atoms with Gasteiger partial charge >= 0.3 is 0 Å². The van der Waals surface area contributed by atoms with Gasteiger partial charge in [-0.25, -0.2) is 4.39 Å². The Morgan fingerprint density at radius 1 is 0.938 bits per heavy atom. The van der Waals surface area contributed by atoms with E-state index in [0.29, 0.717) is 23.3 Å². The van der Waals surface area contributed by atoms with Crippen LogP contribution in [-0.2, 0) is 6.42 Å². The highest BCUT2D eigenvalue weighted by atomic mass is 19.1. The molecule has 6 nitrogen and oxygen atoms in total. The van der Waals surface area contributed by atoms with Crippen molar-refractivity contribution in [3.63, 3.8) is 0 Å². The summed E-state index contributed by atoms with van der Waals surface area (Å²) in [6.07, 6.45) is 1.17. The fourth-order valence-electron chi connectivity index (χ4n) is 3.50.